The van der Waals surface area contributed by atoms with E-state index >= 15 is 0 Å². The van der Waals surface area contributed by atoms with Gasteiger partial charge in [-0.2, -0.15) is 4.98 Å². The summed E-state index contributed by atoms with van der Waals surface area (Å²) < 4.78 is 48.9. The lowest BCUT2D eigenvalue weighted by molar-refractivity contribution is -0.120. The summed E-state index contributed by atoms with van der Waals surface area (Å²) in [5.41, 5.74) is 4.38. The van der Waals surface area contributed by atoms with Gasteiger partial charge in [0, 0.05) is 12.6 Å². The van der Waals surface area contributed by atoms with Crippen molar-refractivity contribution in [2.24, 2.45) is 0 Å². The molecule has 1 saturated heterocycles. The second-order valence-electron chi connectivity index (χ2n) is 10.1. The minimum Gasteiger partial charge on any atom is -0.414 e. The SMILES string of the molecule is CC(C)[Si](O)(O[Si](OC[C@@H]1CC(F)(F)[C@H](n2ccc(N)nc2=O)O1)(C(C)C)C(C)C)C(C)C. The molecule has 0 amide bonds. The number of nitrogens with two attached hydrogens (primary N) is 1. The number of nitrogen functional groups attached to an aromatic ring is 1. The number of aromatic nitrogens is 2. The highest BCUT2D eigenvalue weighted by atomic mass is 28.5. The van der Waals surface area contributed by atoms with Crippen LogP contribution in [0.15, 0.2) is 17.1 Å². The Kier molecular flexibility index (Phi) is 8.67. The summed E-state index contributed by atoms with van der Waals surface area (Å²) in [7, 11) is -6.22. The molecule has 8 nitrogen and oxygen atoms in total. The Labute approximate surface area is 197 Å². The van der Waals surface area contributed by atoms with Crippen molar-refractivity contribution >= 4 is 22.9 Å². The normalized spacial score (nSPS) is 21.7. The van der Waals surface area contributed by atoms with Crippen molar-refractivity contribution in [3.63, 3.8) is 0 Å². The van der Waals surface area contributed by atoms with Gasteiger partial charge >= 0.3 is 22.8 Å². The topological polar surface area (TPSA) is 109 Å². The second-order valence-corrected chi connectivity index (χ2v) is 18.8. The van der Waals surface area contributed by atoms with Crippen LogP contribution in [0.4, 0.5) is 14.6 Å². The Bertz CT molecular complexity index is 851. The number of nitrogens with zero attached hydrogens (tertiary/aromatic N) is 2. The smallest absolute Gasteiger partial charge is 0.351 e. The van der Waals surface area contributed by atoms with Gasteiger partial charge in [0.05, 0.1) is 12.7 Å². The molecular weight excluding hydrogens is 468 g/mol. The maximum absolute atomic E-state index is 14.8. The summed E-state index contributed by atoms with van der Waals surface area (Å²) >= 11 is 0. The van der Waals surface area contributed by atoms with Crippen LogP contribution in [0.2, 0.25) is 22.2 Å². The van der Waals surface area contributed by atoms with Gasteiger partial charge in [-0.25, -0.2) is 13.6 Å². The number of hydrogen-bond donors (Lipinski definition) is 2. The third kappa shape index (κ3) is 5.73. The third-order valence-electron chi connectivity index (χ3n) is 6.37. The monoisotopic (exact) mass is 507 g/mol. The Balaban J connectivity index is 2.28. The molecule has 1 aliphatic heterocycles. The van der Waals surface area contributed by atoms with E-state index in [1.165, 1.54) is 6.07 Å². The molecule has 12 heteroatoms. The summed E-state index contributed by atoms with van der Waals surface area (Å²) in [6.07, 6.45) is -2.19. The predicted octanol–water partition coefficient (Wildman–Crippen LogP) is 4.30. The molecule has 33 heavy (non-hydrogen) atoms. The van der Waals surface area contributed by atoms with E-state index in [2.05, 4.69) is 4.98 Å². The molecule has 2 rings (SSSR count). The van der Waals surface area contributed by atoms with Gasteiger partial charge in [-0.15, -0.1) is 0 Å². The van der Waals surface area contributed by atoms with Gasteiger partial charge in [0.1, 0.15) is 5.82 Å². The van der Waals surface area contributed by atoms with E-state index in [-0.39, 0.29) is 34.6 Å². The Morgan fingerprint density at radius 1 is 1.18 bits per heavy atom. The molecule has 0 saturated carbocycles. The molecule has 3 N–H and O–H groups in total. The quantitative estimate of drug-likeness (QED) is 0.455. The standard InChI is InChI=1S/C21H39F2N3O5Si2/c1-13(2)32(28,14(3)4)31-33(15(5)6,16(7)8)29-12-17-11-21(22,23)19(30-17)26-10-9-18(24)25-20(26)27/h9-10,13-17,19,28H,11-12H2,1-8H3,(H2,24,25,27)/t17-,19+/m0/s1. The Morgan fingerprint density at radius 3 is 2.18 bits per heavy atom. The molecule has 1 fully saturated rings. The molecule has 2 atom stereocenters. The number of halogens is 2. The van der Waals surface area contributed by atoms with Gasteiger partial charge in [-0.3, -0.25) is 4.57 Å². The minimum atomic E-state index is -3.29. The van der Waals surface area contributed by atoms with Crippen molar-refractivity contribution in [2.45, 2.75) is 102 Å². The number of anilines is 1. The zero-order chi connectivity index (χ0) is 25.4. The molecule has 1 aromatic rings. The Morgan fingerprint density at radius 2 is 1.73 bits per heavy atom. The summed E-state index contributed by atoms with van der Waals surface area (Å²) in [4.78, 5) is 27.1. The van der Waals surface area contributed by atoms with E-state index in [4.69, 9.17) is 19.0 Å². The highest BCUT2D eigenvalue weighted by Gasteiger charge is 2.56. The molecule has 190 valence electrons. The van der Waals surface area contributed by atoms with Gasteiger partial charge in [0.15, 0.2) is 0 Å². The molecule has 0 radical (unpaired) electrons. The maximum atomic E-state index is 14.8. The summed E-state index contributed by atoms with van der Waals surface area (Å²) in [6.45, 7) is 15.6. The number of rotatable bonds is 10. The maximum Gasteiger partial charge on any atom is 0.351 e. The van der Waals surface area contributed by atoms with Crippen LogP contribution in [0.25, 0.3) is 0 Å². The van der Waals surface area contributed by atoms with E-state index < -0.39 is 47.5 Å². The predicted molar refractivity (Wildman–Crippen MR) is 128 cm³/mol. The van der Waals surface area contributed by atoms with Gasteiger partial charge in [0.25, 0.3) is 5.92 Å². The van der Waals surface area contributed by atoms with Crippen molar-refractivity contribution < 1.29 is 26.9 Å². The van der Waals surface area contributed by atoms with Crippen molar-refractivity contribution in [2.75, 3.05) is 12.3 Å². The highest BCUT2D eigenvalue weighted by molar-refractivity contribution is 6.83. The van der Waals surface area contributed by atoms with Gasteiger partial charge in [0.2, 0.25) is 6.23 Å². The molecule has 2 heterocycles. The second kappa shape index (κ2) is 10.2. The number of alkyl halides is 2. The summed E-state index contributed by atoms with van der Waals surface area (Å²) in [5.74, 6) is -3.34. The van der Waals surface area contributed by atoms with Crippen LogP contribution in [-0.4, -0.2) is 50.1 Å². The zero-order valence-electron chi connectivity index (χ0n) is 20.8. The van der Waals surface area contributed by atoms with Crippen molar-refractivity contribution in [1.29, 1.82) is 0 Å². The number of hydrogen-bond acceptors (Lipinski definition) is 7. The van der Waals surface area contributed by atoms with Gasteiger partial charge in [-0.05, 0) is 28.2 Å². The summed E-state index contributed by atoms with van der Waals surface area (Å²) in [6, 6.07) is 1.28. The first-order valence-corrected chi connectivity index (χ1v) is 15.5. The fourth-order valence-corrected chi connectivity index (χ4v) is 14.2. The third-order valence-corrected chi connectivity index (χ3v) is 16.1. The lowest BCUT2D eigenvalue weighted by Crippen LogP contribution is -2.60. The molecular formula is C21H39F2N3O5Si2. The average Bonchev–Trinajstić information content (AvgIpc) is 2.98. The van der Waals surface area contributed by atoms with E-state index in [1.807, 2.05) is 55.4 Å². The van der Waals surface area contributed by atoms with Crippen LogP contribution < -0.4 is 11.4 Å². The zero-order valence-corrected chi connectivity index (χ0v) is 22.8. The van der Waals surface area contributed by atoms with Crippen LogP contribution in [0.5, 0.6) is 0 Å². The van der Waals surface area contributed by atoms with E-state index in [9.17, 15) is 18.4 Å². The molecule has 0 bridgehead atoms. The number of ether oxygens (including phenoxy) is 1. The van der Waals surface area contributed by atoms with E-state index in [0.717, 1.165) is 10.8 Å². The molecule has 0 aromatic carbocycles. The van der Waals surface area contributed by atoms with Gasteiger partial charge < -0.3 is 23.8 Å². The fraction of sp³-hybridized carbons (Fsp3) is 0.810. The van der Waals surface area contributed by atoms with Crippen LogP contribution >= 0.6 is 0 Å². The van der Waals surface area contributed by atoms with Gasteiger partial charge in [-0.1, -0.05) is 55.4 Å². The lowest BCUT2D eigenvalue weighted by atomic mass is 10.2. The van der Waals surface area contributed by atoms with E-state index in [1.54, 1.807) is 0 Å². The first kappa shape index (κ1) is 28.1. The first-order valence-electron chi connectivity index (χ1n) is 11.5. The van der Waals surface area contributed by atoms with Crippen LogP contribution in [0, 0.1) is 0 Å². The summed E-state index contributed by atoms with van der Waals surface area (Å²) in [5, 5.41) is 0. The fourth-order valence-electron chi connectivity index (χ4n) is 4.35. The molecule has 1 aliphatic rings. The highest BCUT2D eigenvalue weighted by Crippen LogP contribution is 2.45. The lowest BCUT2D eigenvalue weighted by Gasteiger charge is -2.46. The Hall–Kier alpha value is -1.19. The molecule has 0 aliphatic carbocycles. The van der Waals surface area contributed by atoms with Crippen molar-refractivity contribution in [3.8, 4) is 0 Å². The molecule has 1 aromatic heterocycles. The average molecular weight is 508 g/mol. The molecule has 0 unspecified atom stereocenters. The first-order chi connectivity index (χ1) is 15.1. The van der Waals surface area contributed by atoms with Crippen molar-refractivity contribution in [3.05, 3.63) is 22.7 Å². The minimum absolute atomic E-state index is 0.0318. The van der Waals surface area contributed by atoms with Crippen molar-refractivity contribution in [1.82, 2.24) is 9.55 Å². The molecule has 0 spiro atoms. The van der Waals surface area contributed by atoms with Crippen LogP contribution in [0.3, 0.4) is 0 Å². The largest absolute Gasteiger partial charge is 0.414 e. The van der Waals surface area contributed by atoms with Crippen LogP contribution in [-0.2, 0) is 13.3 Å². The van der Waals surface area contributed by atoms with Crippen LogP contribution in [0.1, 0.15) is 68.0 Å². The van der Waals surface area contributed by atoms with E-state index in [0.29, 0.717) is 0 Å².